The topological polar surface area (TPSA) is 17.1 Å². The molecule has 0 fully saturated rings. The van der Waals surface area contributed by atoms with E-state index in [9.17, 15) is 4.79 Å². The van der Waals surface area contributed by atoms with Crippen LogP contribution in [0.4, 0.5) is 0 Å². The number of aryl methyl sites for hydroxylation is 3. The van der Waals surface area contributed by atoms with E-state index in [0.717, 1.165) is 25.4 Å². The van der Waals surface area contributed by atoms with Crippen molar-refractivity contribution < 1.29 is 4.79 Å². The average Bonchev–Trinajstić information content (AvgIpc) is 2.61. The van der Waals surface area contributed by atoms with E-state index in [4.69, 9.17) is 0 Å². The minimum atomic E-state index is 0.0954. The third-order valence-electron chi connectivity index (χ3n) is 2.79. The molecule has 1 heterocycles. The third kappa shape index (κ3) is 2.50. The van der Waals surface area contributed by atoms with E-state index >= 15 is 0 Å². The van der Waals surface area contributed by atoms with Crippen LogP contribution in [-0.4, -0.2) is 5.78 Å². The lowest BCUT2D eigenvalue weighted by Gasteiger charge is -2.03. The lowest BCUT2D eigenvalue weighted by molar-refractivity contribution is 0.104. The number of carbonyl (C=O) groups is 1. The van der Waals surface area contributed by atoms with Gasteiger partial charge in [-0.15, -0.1) is 11.3 Å². The lowest BCUT2D eigenvalue weighted by atomic mass is 10.0. The molecule has 1 nitrogen and oxygen atoms in total. The number of hydrogen-bond acceptors (Lipinski definition) is 2. The summed E-state index contributed by atoms with van der Waals surface area (Å²) in [6.45, 7) is 6.09. The quantitative estimate of drug-likeness (QED) is 0.737. The zero-order valence-electron chi connectivity index (χ0n) is 10.0. The summed E-state index contributed by atoms with van der Waals surface area (Å²) in [5.41, 5.74) is 3.12. The molecule has 0 radical (unpaired) electrons. The average molecular weight is 309 g/mol. The first-order chi connectivity index (χ1) is 7.99. The zero-order valence-corrected chi connectivity index (χ0v) is 12.4. The number of benzene rings is 1. The molecule has 0 bridgehead atoms. The molecule has 2 aromatic rings. The van der Waals surface area contributed by atoms with Crippen LogP contribution in [0.1, 0.15) is 31.2 Å². The Morgan fingerprint density at radius 2 is 1.82 bits per heavy atom. The Morgan fingerprint density at radius 3 is 2.35 bits per heavy atom. The molecular weight excluding hydrogens is 296 g/mol. The van der Waals surface area contributed by atoms with E-state index in [1.807, 2.05) is 38.1 Å². The molecular formula is C14H13BrOS. The van der Waals surface area contributed by atoms with E-state index in [1.165, 1.54) is 16.9 Å². The summed E-state index contributed by atoms with van der Waals surface area (Å²) in [5.74, 6) is 0.0954. The van der Waals surface area contributed by atoms with Gasteiger partial charge >= 0.3 is 0 Å². The highest BCUT2D eigenvalue weighted by Gasteiger charge is 2.15. The van der Waals surface area contributed by atoms with Crippen molar-refractivity contribution in [3.05, 3.63) is 55.2 Å². The molecule has 88 valence electrons. The summed E-state index contributed by atoms with van der Waals surface area (Å²) >= 11 is 4.97. The minimum Gasteiger partial charge on any atom is -0.288 e. The van der Waals surface area contributed by atoms with Crippen molar-refractivity contribution in [3.63, 3.8) is 0 Å². The van der Waals surface area contributed by atoms with Gasteiger partial charge in [-0.3, -0.25) is 4.79 Å². The van der Waals surface area contributed by atoms with Crippen LogP contribution in [0.5, 0.6) is 0 Å². The van der Waals surface area contributed by atoms with E-state index in [1.54, 1.807) is 0 Å². The highest BCUT2D eigenvalue weighted by atomic mass is 79.9. The molecule has 0 atom stereocenters. The number of rotatable bonds is 2. The van der Waals surface area contributed by atoms with Gasteiger partial charge in [-0.2, -0.15) is 0 Å². The van der Waals surface area contributed by atoms with Crippen LogP contribution in [0, 0.1) is 20.8 Å². The Bertz CT molecular complexity index is 584. The summed E-state index contributed by atoms with van der Waals surface area (Å²) in [4.78, 5) is 14.3. The summed E-state index contributed by atoms with van der Waals surface area (Å²) in [6.07, 6.45) is 0. The summed E-state index contributed by atoms with van der Waals surface area (Å²) in [7, 11) is 0. The van der Waals surface area contributed by atoms with Gasteiger partial charge in [-0.1, -0.05) is 12.1 Å². The van der Waals surface area contributed by atoms with Crippen molar-refractivity contribution >= 4 is 33.0 Å². The summed E-state index contributed by atoms with van der Waals surface area (Å²) in [5, 5.41) is 0. The van der Waals surface area contributed by atoms with E-state index in [-0.39, 0.29) is 5.78 Å². The molecule has 17 heavy (non-hydrogen) atoms. The predicted octanol–water partition coefficient (Wildman–Crippen LogP) is 4.67. The Hall–Kier alpha value is -0.930. The van der Waals surface area contributed by atoms with Gasteiger partial charge in [0.1, 0.15) is 0 Å². The first-order valence-corrected chi connectivity index (χ1v) is 6.98. The number of halogens is 1. The maximum Gasteiger partial charge on any atom is 0.204 e. The Morgan fingerprint density at radius 1 is 1.12 bits per heavy atom. The smallest absolute Gasteiger partial charge is 0.204 e. The fourth-order valence-corrected chi connectivity index (χ4v) is 3.44. The van der Waals surface area contributed by atoms with Crippen molar-refractivity contribution in [3.8, 4) is 0 Å². The fourth-order valence-electron chi connectivity index (χ4n) is 1.65. The molecule has 0 aliphatic rings. The van der Waals surface area contributed by atoms with Gasteiger partial charge in [-0.05, 0) is 60.0 Å². The van der Waals surface area contributed by atoms with Crippen LogP contribution in [0.25, 0.3) is 0 Å². The van der Waals surface area contributed by atoms with Gasteiger partial charge in [-0.25, -0.2) is 0 Å². The second kappa shape index (κ2) is 4.75. The second-order valence-electron chi connectivity index (χ2n) is 4.16. The summed E-state index contributed by atoms with van der Waals surface area (Å²) in [6, 6.07) is 7.83. The standard InChI is InChI=1S/C14H13BrOS/c1-8-4-5-11(6-9(8)2)13(16)14-12(15)7-10(3)17-14/h4-7H,1-3H3. The molecule has 1 aromatic carbocycles. The van der Waals surface area contributed by atoms with Crippen molar-refractivity contribution in [2.75, 3.05) is 0 Å². The minimum absolute atomic E-state index is 0.0954. The molecule has 0 saturated carbocycles. The van der Waals surface area contributed by atoms with Crippen LogP contribution in [-0.2, 0) is 0 Å². The number of carbonyl (C=O) groups excluding carboxylic acids is 1. The highest BCUT2D eigenvalue weighted by Crippen LogP contribution is 2.29. The molecule has 0 saturated heterocycles. The van der Waals surface area contributed by atoms with E-state index in [0.29, 0.717) is 0 Å². The Labute approximate surface area is 114 Å². The van der Waals surface area contributed by atoms with Gasteiger partial charge in [0.05, 0.1) is 4.88 Å². The van der Waals surface area contributed by atoms with Gasteiger partial charge < -0.3 is 0 Å². The molecule has 2 rings (SSSR count). The molecule has 0 unspecified atom stereocenters. The Kier molecular flexibility index (Phi) is 3.50. The van der Waals surface area contributed by atoms with Gasteiger partial charge in [0.25, 0.3) is 0 Å². The zero-order chi connectivity index (χ0) is 12.6. The normalized spacial score (nSPS) is 10.6. The molecule has 0 aliphatic carbocycles. The maximum atomic E-state index is 12.3. The molecule has 0 aliphatic heterocycles. The molecule has 0 amide bonds. The lowest BCUT2D eigenvalue weighted by Crippen LogP contribution is -2.00. The first-order valence-electron chi connectivity index (χ1n) is 5.37. The number of hydrogen-bond donors (Lipinski definition) is 0. The van der Waals surface area contributed by atoms with Crippen molar-refractivity contribution in [1.82, 2.24) is 0 Å². The molecule has 0 spiro atoms. The largest absolute Gasteiger partial charge is 0.288 e. The first kappa shape index (κ1) is 12.5. The fraction of sp³-hybridized carbons (Fsp3) is 0.214. The van der Waals surface area contributed by atoms with Gasteiger partial charge in [0.15, 0.2) is 0 Å². The van der Waals surface area contributed by atoms with Crippen LogP contribution < -0.4 is 0 Å². The third-order valence-corrected chi connectivity index (χ3v) is 4.72. The van der Waals surface area contributed by atoms with Crippen LogP contribution >= 0.6 is 27.3 Å². The Balaban J connectivity index is 2.44. The highest BCUT2D eigenvalue weighted by molar-refractivity contribution is 9.10. The predicted molar refractivity (Wildman–Crippen MR) is 76.1 cm³/mol. The van der Waals surface area contributed by atoms with Crippen molar-refractivity contribution in [1.29, 1.82) is 0 Å². The SMILES string of the molecule is Cc1cc(Br)c(C(=O)c2ccc(C)c(C)c2)s1. The second-order valence-corrected chi connectivity index (χ2v) is 6.27. The molecule has 3 heteroatoms. The van der Waals surface area contributed by atoms with Crippen molar-refractivity contribution in [2.24, 2.45) is 0 Å². The summed E-state index contributed by atoms with van der Waals surface area (Å²) < 4.78 is 0.892. The van der Waals surface area contributed by atoms with Crippen LogP contribution in [0.2, 0.25) is 0 Å². The maximum absolute atomic E-state index is 12.3. The molecule has 0 N–H and O–H groups in total. The van der Waals surface area contributed by atoms with Gasteiger partial charge in [0, 0.05) is 14.9 Å². The molecule has 1 aromatic heterocycles. The van der Waals surface area contributed by atoms with Gasteiger partial charge in [0.2, 0.25) is 5.78 Å². The number of ketones is 1. The van der Waals surface area contributed by atoms with E-state index < -0.39 is 0 Å². The van der Waals surface area contributed by atoms with E-state index in [2.05, 4.69) is 22.9 Å². The number of thiophene rings is 1. The van der Waals surface area contributed by atoms with Crippen molar-refractivity contribution in [2.45, 2.75) is 20.8 Å². The van der Waals surface area contributed by atoms with Crippen LogP contribution in [0.15, 0.2) is 28.7 Å². The van der Waals surface area contributed by atoms with Crippen LogP contribution in [0.3, 0.4) is 0 Å². The monoisotopic (exact) mass is 308 g/mol.